The highest BCUT2D eigenvalue weighted by molar-refractivity contribution is 6.32. The van der Waals surface area contributed by atoms with Gasteiger partial charge in [0.05, 0.1) is 5.69 Å². The van der Waals surface area contributed by atoms with Crippen molar-refractivity contribution in [2.45, 2.75) is 65.7 Å². The van der Waals surface area contributed by atoms with Gasteiger partial charge in [-0.2, -0.15) is 0 Å². The van der Waals surface area contributed by atoms with Crippen molar-refractivity contribution in [3.05, 3.63) is 34.8 Å². The summed E-state index contributed by atoms with van der Waals surface area (Å²) in [6.45, 7) is 6.98. The number of anilines is 1. The minimum atomic E-state index is -0.00109. The Hall–Kier alpha value is -1.88. The number of hydrogen-bond acceptors (Lipinski definition) is 3. The van der Waals surface area contributed by atoms with Crippen LogP contribution in [-0.4, -0.2) is 28.7 Å². The van der Waals surface area contributed by atoms with Gasteiger partial charge in [0.2, 0.25) is 11.8 Å². The van der Waals surface area contributed by atoms with E-state index in [1.165, 1.54) is 11.3 Å². The third kappa shape index (κ3) is 3.07. The second-order valence-corrected chi connectivity index (χ2v) is 11.4. The first-order valence-electron chi connectivity index (χ1n) is 12.0. The summed E-state index contributed by atoms with van der Waals surface area (Å²) in [6, 6.07) is 3.62. The highest BCUT2D eigenvalue weighted by atomic mass is 35.5. The monoisotopic (exact) mass is 455 g/mol. The van der Waals surface area contributed by atoms with E-state index >= 15 is 0 Å². The van der Waals surface area contributed by atoms with E-state index in [0.717, 1.165) is 38.5 Å². The van der Waals surface area contributed by atoms with Gasteiger partial charge in [0, 0.05) is 36.7 Å². The van der Waals surface area contributed by atoms with E-state index in [1.807, 2.05) is 18.0 Å². The van der Waals surface area contributed by atoms with Gasteiger partial charge in [-0.15, -0.1) is 0 Å². The normalized spacial score (nSPS) is 38.8. The van der Waals surface area contributed by atoms with Crippen molar-refractivity contribution in [3.63, 3.8) is 0 Å². The van der Waals surface area contributed by atoms with Crippen molar-refractivity contribution in [2.24, 2.45) is 34.5 Å². The van der Waals surface area contributed by atoms with Gasteiger partial charge in [0.1, 0.15) is 0 Å². The molecule has 2 saturated carbocycles. The van der Waals surface area contributed by atoms with Crippen LogP contribution >= 0.6 is 11.6 Å². The van der Waals surface area contributed by atoms with Gasteiger partial charge >= 0.3 is 0 Å². The summed E-state index contributed by atoms with van der Waals surface area (Å²) >= 11 is 6.20. The third-order valence-electron chi connectivity index (χ3n) is 9.64. The average Bonchev–Trinajstić information content (AvgIpc) is 3.10. The van der Waals surface area contributed by atoms with Crippen molar-refractivity contribution in [1.82, 2.24) is 9.88 Å². The van der Waals surface area contributed by atoms with E-state index in [-0.39, 0.29) is 28.6 Å². The topological polar surface area (TPSA) is 62.3 Å². The maximum absolute atomic E-state index is 13.4. The number of piperidine rings is 1. The molecule has 2 heterocycles. The fourth-order valence-corrected chi connectivity index (χ4v) is 8.41. The van der Waals surface area contributed by atoms with E-state index in [9.17, 15) is 9.59 Å². The predicted octanol–water partition coefficient (Wildman–Crippen LogP) is 5.67. The zero-order chi connectivity index (χ0) is 22.8. The molecular formula is C26H34ClN3O2. The Morgan fingerprint density at radius 1 is 1.22 bits per heavy atom. The highest BCUT2D eigenvalue weighted by Gasteiger charge is 2.61. The molecule has 1 aliphatic heterocycles. The summed E-state index contributed by atoms with van der Waals surface area (Å²) in [4.78, 5) is 31.9. The number of nitrogens with one attached hydrogen (secondary N) is 1. The molecule has 1 N–H and O–H groups in total. The first-order valence-corrected chi connectivity index (χ1v) is 12.4. The van der Waals surface area contributed by atoms with Crippen molar-refractivity contribution >= 4 is 29.1 Å². The fourth-order valence-electron chi connectivity index (χ4n) is 8.24. The quantitative estimate of drug-likeness (QED) is 0.584. The molecule has 2 unspecified atom stereocenters. The molecule has 0 aromatic carbocycles. The Kier molecular flexibility index (Phi) is 5.20. The van der Waals surface area contributed by atoms with E-state index in [2.05, 4.69) is 31.1 Å². The number of halogens is 1. The van der Waals surface area contributed by atoms with Crippen LogP contribution in [0.1, 0.15) is 65.7 Å². The number of hydrogen-bond donors (Lipinski definition) is 1. The molecule has 0 spiro atoms. The zero-order valence-electron chi connectivity index (χ0n) is 19.6. The molecule has 5 nitrogen and oxygen atoms in total. The summed E-state index contributed by atoms with van der Waals surface area (Å²) in [5.74, 6) is 2.05. The lowest BCUT2D eigenvalue weighted by Gasteiger charge is -2.59. The predicted molar refractivity (Wildman–Crippen MR) is 126 cm³/mol. The van der Waals surface area contributed by atoms with Crippen LogP contribution in [0.3, 0.4) is 0 Å². The lowest BCUT2D eigenvalue weighted by atomic mass is 9.48. The number of rotatable bonds is 2. The van der Waals surface area contributed by atoms with Gasteiger partial charge in [-0.05, 0) is 80.8 Å². The number of nitrogens with zero attached hydrogens (tertiary/aromatic N) is 2. The van der Waals surface area contributed by atoms with Gasteiger partial charge in [-0.1, -0.05) is 31.0 Å². The minimum absolute atomic E-state index is 0.00109. The molecule has 172 valence electrons. The summed E-state index contributed by atoms with van der Waals surface area (Å²) in [5.41, 5.74) is 3.34. The second kappa shape index (κ2) is 7.58. The molecule has 0 radical (unpaired) electrons. The molecule has 1 saturated heterocycles. The first kappa shape index (κ1) is 21.9. The molecule has 3 aliphatic carbocycles. The molecule has 1 aromatic heterocycles. The summed E-state index contributed by atoms with van der Waals surface area (Å²) < 4.78 is 0. The molecule has 3 fully saturated rings. The molecule has 2 amide bonds. The number of fused-ring (bicyclic) bond motifs is 5. The van der Waals surface area contributed by atoms with E-state index < -0.39 is 0 Å². The van der Waals surface area contributed by atoms with E-state index in [4.69, 9.17) is 11.6 Å². The molecule has 32 heavy (non-hydrogen) atoms. The summed E-state index contributed by atoms with van der Waals surface area (Å²) in [5, 5.41) is 3.41. The first-order chi connectivity index (χ1) is 15.2. The van der Waals surface area contributed by atoms with Crippen molar-refractivity contribution in [1.29, 1.82) is 0 Å². The van der Waals surface area contributed by atoms with Crippen molar-refractivity contribution < 1.29 is 9.59 Å². The van der Waals surface area contributed by atoms with Crippen LogP contribution in [0.5, 0.6) is 0 Å². The zero-order valence-corrected chi connectivity index (χ0v) is 20.3. The van der Waals surface area contributed by atoms with Crippen LogP contribution in [0.4, 0.5) is 5.69 Å². The fraction of sp³-hybridized carbons (Fsp3) is 0.654. The number of carbonyl (C=O) groups is 2. The number of allylic oxidation sites excluding steroid dienone is 2. The van der Waals surface area contributed by atoms with Crippen molar-refractivity contribution in [3.8, 4) is 0 Å². The number of amides is 2. The second-order valence-electron chi connectivity index (χ2n) is 11.1. The Labute approximate surface area is 196 Å². The Morgan fingerprint density at radius 2 is 2.00 bits per heavy atom. The van der Waals surface area contributed by atoms with Crippen molar-refractivity contribution in [2.75, 3.05) is 12.4 Å². The van der Waals surface area contributed by atoms with E-state index in [0.29, 0.717) is 35.0 Å². The maximum atomic E-state index is 13.4. The molecule has 4 aliphatic rings. The smallest absolute Gasteiger partial charge is 0.228 e. The molecular weight excluding hydrogens is 422 g/mol. The maximum Gasteiger partial charge on any atom is 0.228 e. The highest BCUT2D eigenvalue weighted by Crippen LogP contribution is 2.66. The van der Waals surface area contributed by atoms with Crippen LogP contribution in [0, 0.1) is 34.5 Å². The SMILES string of the molecule is CC1=C2N(C)C(=O)CC[C@]2(C)C2CC[C@]3(C)[C@@H](C(=O)Nc4cccnc4Cl)CC[C@H]3C2C1. The minimum Gasteiger partial charge on any atom is -0.323 e. The average molecular weight is 456 g/mol. The van der Waals surface area contributed by atoms with Crippen LogP contribution in [0.2, 0.25) is 5.15 Å². The van der Waals surface area contributed by atoms with Gasteiger partial charge in [-0.25, -0.2) is 4.98 Å². The summed E-state index contributed by atoms with van der Waals surface area (Å²) in [6.07, 6.45) is 8.51. The van der Waals surface area contributed by atoms with Crippen LogP contribution in [-0.2, 0) is 9.59 Å². The van der Waals surface area contributed by atoms with Gasteiger partial charge in [-0.3, -0.25) is 9.59 Å². The van der Waals surface area contributed by atoms with E-state index in [1.54, 1.807) is 12.3 Å². The van der Waals surface area contributed by atoms with Gasteiger partial charge in [0.15, 0.2) is 5.15 Å². The Bertz CT molecular complexity index is 1010. The Morgan fingerprint density at radius 3 is 2.75 bits per heavy atom. The largest absolute Gasteiger partial charge is 0.323 e. The third-order valence-corrected chi connectivity index (χ3v) is 9.94. The van der Waals surface area contributed by atoms with Gasteiger partial charge in [0.25, 0.3) is 0 Å². The molecule has 6 heteroatoms. The lowest BCUT2D eigenvalue weighted by molar-refractivity contribution is -0.137. The van der Waals surface area contributed by atoms with Crippen LogP contribution in [0.15, 0.2) is 29.6 Å². The number of likely N-dealkylation sites (tertiary alicyclic amines) is 1. The number of pyridine rings is 1. The van der Waals surface area contributed by atoms with Gasteiger partial charge < -0.3 is 10.2 Å². The lowest BCUT2D eigenvalue weighted by Crippen LogP contribution is -2.54. The number of carbonyl (C=O) groups excluding carboxylic acids is 2. The van der Waals surface area contributed by atoms with Crippen LogP contribution in [0.25, 0.3) is 0 Å². The summed E-state index contributed by atoms with van der Waals surface area (Å²) in [7, 11) is 1.96. The molecule has 0 bridgehead atoms. The molecule has 1 aromatic rings. The Balaban J connectivity index is 1.42. The molecule has 5 rings (SSSR count). The van der Waals surface area contributed by atoms with Crippen LogP contribution < -0.4 is 5.32 Å². The standard InChI is InChI=1S/C26H34ClN3O2/c1-15-14-16-17-7-8-19(24(32)29-20-6-5-13-28-23(20)27)25(17,2)11-9-18(16)26(3)12-10-21(31)30(4)22(15)26/h5-6,13,16-19H,7-12,14H2,1-4H3,(H,29,32)/t16?,17-,18?,19+,25-,26+/m0/s1. The molecule has 6 atom stereocenters. The number of aromatic nitrogens is 1.